The number of aliphatic hydroxyl groups excluding tert-OH is 1. The molecule has 0 unspecified atom stereocenters. The molecule has 0 aliphatic carbocycles. The molecule has 8 aromatic carbocycles. The number of phenols is 6. The molecular weight excluding hydrogens is 1360 g/mol. The molecule has 17 bridgehead atoms. The predicted molar refractivity (Wildman–Crippen MR) is 357 cm³/mol. The Balaban J connectivity index is 0.975. The summed E-state index contributed by atoms with van der Waals surface area (Å²) >= 11 is 20.0. The Labute approximate surface area is 582 Å². The summed E-state index contributed by atoms with van der Waals surface area (Å²) in [7, 11) is 0. The molecule has 100 heavy (non-hydrogen) atoms. The Morgan fingerprint density at radius 1 is 0.500 bits per heavy atom. The largest absolute Gasteiger partial charge is 0.508 e. The summed E-state index contributed by atoms with van der Waals surface area (Å²) in [5.41, 5.74) is 5.36. The highest BCUT2D eigenvalue weighted by Crippen LogP contribution is 2.50. The normalized spacial score (nSPS) is 21.8. The number of fused-ring (bicyclic) bond motifs is 14. The maximum absolute atomic E-state index is 16.0. The molecule has 0 saturated carbocycles. The van der Waals surface area contributed by atoms with Crippen LogP contribution >= 0.6 is 34.8 Å². The third kappa shape index (κ3) is 13.7. The number of carbonyl (C=O) groups is 7. The van der Waals surface area contributed by atoms with Crippen LogP contribution in [0.1, 0.15) is 86.4 Å². The number of piperazine rings is 1. The summed E-state index contributed by atoms with van der Waals surface area (Å²) in [6.45, 7) is 2.37. The van der Waals surface area contributed by atoms with Crippen molar-refractivity contribution in [3.63, 3.8) is 0 Å². The Kier molecular flexibility index (Phi) is 18.5. The molecule has 1 saturated heterocycles. The number of ether oxygens (including phenoxy) is 3. The highest BCUT2D eigenvalue weighted by molar-refractivity contribution is 6.32. The minimum atomic E-state index is -2.23. The molecule has 6 amide bonds. The van der Waals surface area contributed by atoms with Gasteiger partial charge in [-0.1, -0.05) is 71.2 Å². The second-order valence-corrected chi connectivity index (χ2v) is 25.8. The first-order chi connectivity index (χ1) is 47.8. The van der Waals surface area contributed by atoms with Gasteiger partial charge in [-0.25, -0.2) is 4.79 Å². The van der Waals surface area contributed by atoms with Gasteiger partial charge in [0.2, 0.25) is 41.2 Å². The number of nitrogens with zero attached hydrogens (tertiary/aromatic N) is 2. The summed E-state index contributed by atoms with van der Waals surface area (Å²) < 4.78 is 18.6. The van der Waals surface area contributed by atoms with Crippen LogP contribution in [0.25, 0.3) is 11.1 Å². The predicted octanol–water partition coefficient (Wildman–Crippen LogP) is 6.96. The van der Waals surface area contributed by atoms with Crippen molar-refractivity contribution in [1.82, 2.24) is 41.7 Å². The van der Waals surface area contributed by atoms with Gasteiger partial charge in [-0.15, -0.1) is 0 Å². The quantitative estimate of drug-likeness (QED) is 0.0828. The van der Waals surface area contributed by atoms with Crippen molar-refractivity contribution in [3.05, 3.63) is 199 Å². The minimum Gasteiger partial charge on any atom is -0.508 e. The molecule has 16 N–H and O–H groups in total. The molecule has 7 aliphatic heterocycles. The van der Waals surface area contributed by atoms with Crippen LogP contribution in [0, 0.1) is 0 Å². The number of halogens is 3. The van der Waals surface area contributed by atoms with Gasteiger partial charge in [0.05, 0.1) is 15.6 Å². The van der Waals surface area contributed by atoms with E-state index in [2.05, 4.69) is 36.8 Å². The number of carboxylic acid groups (broad SMARTS) is 1. The molecule has 15 rings (SSSR count). The highest BCUT2D eigenvalue weighted by atomic mass is 35.5. The maximum atomic E-state index is 16.0. The standard InChI is InChI=1S/C70H60Cl3N9O18/c71-37-7-1-30(2-8-37)28-81-13-15-82(16-14-81)29-42-48(86)27-41-54(62(42)88)40-21-33(5-9-46(40)84)56-66(92)80-60(69(95)79-59(41)70(96)97)61(87)34-6-12-50(44(73)22-34)100-53-25-36-24-52(63(53)89)99-49-11-3-31(17-43(49)72)18-45-64(90)76-57(67(93)78-58(36)68(94)77-56)35-19-38(83)26-39(20-35)98-51-23-32(4-10-47(51)85)55(74)65(91)75-45/h1-12,17,19-27,45,55-61,83-89H,13-16,18,28-29,74H2,(H,75,91)(H,76,90)(H,77,94)(H,78,93)(H,79,95)(H,80,92)(H,96,97)/t45-,55-,56-,57+,58-,59+,60+,61-/m1/s1. The number of rotatable bonds is 5. The molecular formula is C70H60Cl3N9O18. The summed E-state index contributed by atoms with van der Waals surface area (Å²) in [6, 6.07) is 14.9. The fourth-order valence-corrected chi connectivity index (χ4v) is 13.2. The van der Waals surface area contributed by atoms with E-state index in [9.17, 15) is 50.4 Å². The molecule has 0 aromatic heterocycles. The van der Waals surface area contributed by atoms with Crippen LogP contribution < -0.4 is 51.8 Å². The lowest BCUT2D eigenvalue weighted by Crippen LogP contribution is -2.55. The fraction of sp³-hybridized carbons (Fsp3) is 0.214. The second kappa shape index (κ2) is 27.3. The van der Waals surface area contributed by atoms with Gasteiger partial charge in [0, 0.05) is 73.5 Å². The van der Waals surface area contributed by atoms with Gasteiger partial charge < -0.3 is 92.7 Å². The molecule has 30 heteroatoms. The SMILES string of the molecule is N[C@H]1C(=O)N[C@@H]2Cc3ccc(c(Cl)c3)Oc3cc4cc(c3O)Oc3ccc(cc3Cl)[C@@H](O)[C@@H]3NC(=O)[C@H](NC(=O)[C@@H]4NC(=O)[C@@H](NC2=O)c2cc(O)cc(c2)Oc2cc1ccc2O)c1ccc(O)c(c1)-c1c(cc(O)c(CN2CCN(Cc4ccc(Cl)cc4)CC2)c1O)[C@@H](C(=O)O)NC3=O. The van der Waals surface area contributed by atoms with Gasteiger partial charge >= 0.3 is 5.97 Å². The molecule has 8 atom stereocenters. The van der Waals surface area contributed by atoms with Crippen LogP contribution in [0.5, 0.6) is 69.0 Å². The van der Waals surface area contributed by atoms with E-state index in [1.165, 1.54) is 54.6 Å². The summed E-state index contributed by atoms with van der Waals surface area (Å²) in [6.07, 6.45) is -2.51. The molecule has 7 heterocycles. The van der Waals surface area contributed by atoms with Gasteiger partial charge in [-0.3, -0.25) is 38.6 Å². The lowest BCUT2D eigenvalue weighted by Gasteiger charge is -2.35. The smallest absolute Gasteiger partial charge is 0.330 e. The van der Waals surface area contributed by atoms with Crippen molar-refractivity contribution in [2.45, 2.75) is 67.9 Å². The average Bonchev–Trinajstić information content (AvgIpc) is 0.771. The van der Waals surface area contributed by atoms with Gasteiger partial charge in [0.15, 0.2) is 29.0 Å². The molecule has 514 valence electrons. The van der Waals surface area contributed by atoms with Gasteiger partial charge in [-0.05, 0) is 130 Å². The zero-order chi connectivity index (χ0) is 70.7. The maximum Gasteiger partial charge on any atom is 0.330 e. The van der Waals surface area contributed by atoms with Crippen molar-refractivity contribution in [2.24, 2.45) is 5.73 Å². The zero-order valence-corrected chi connectivity index (χ0v) is 54.3. The Bertz CT molecular complexity index is 4710. The van der Waals surface area contributed by atoms with E-state index in [0.29, 0.717) is 43.3 Å². The third-order valence-corrected chi connectivity index (χ3v) is 18.7. The molecule has 0 spiro atoms. The van der Waals surface area contributed by atoms with E-state index in [-0.39, 0.29) is 79.4 Å². The Morgan fingerprint density at radius 2 is 1.08 bits per heavy atom. The number of aliphatic carboxylic acids is 1. The Hall–Kier alpha value is -11.0. The molecule has 0 radical (unpaired) electrons. The number of nitrogens with one attached hydrogen (secondary N) is 6. The number of hydrogen-bond acceptors (Lipinski definition) is 20. The first kappa shape index (κ1) is 67.5. The number of carbonyl (C=O) groups excluding carboxylic acids is 6. The number of phenolic OH excluding ortho intramolecular Hbond substituents is 6. The van der Waals surface area contributed by atoms with Crippen LogP contribution in [0.15, 0.2) is 133 Å². The van der Waals surface area contributed by atoms with Gasteiger partial charge in [-0.2, -0.15) is 0 Å². The number of nitrogens with two attached hydrogens (primary N) is 1. The zero-order valence-electron chi connectivity index (χ0n) is 52.0. The van der Waals surface area contributed by atoms with Crippen molar-refractivity contribution < 1.29 is 88.6 Å². The summed E-state index contributed by atoms with van der Waals surface area (Å²) in [4.78, 5) is 109. The van der Waals surface area contributed by atoms with Gasteiger partial charge in [0.25, 0.3) is 0 Å². The number of amides is 6. The monoisotopic (exact) mass is 1420 g/mol. The third-order valence-electron chi connectivity index (χ3n) is 17.9. The molecule has 27 nitrogen and oxygen atoms in total. The van der Waals surface area contributed by atoms with E-state index in [1.54, 1.807) is 12.1 Å². The minimum absolute atomic E-state index is 0.117. The van der Waals surface area contributed by atoms with E-state index in [4.69, 9.17) is 54.7 Å². The van der Waals surface area contributed by atoms with Crippen LogP contribution in [-0.2, 0) is 53.1 Å². The number of benzene rings is 8. The number of carboxylic acids is 1. The highest BCUT2D eigenvalue weighted by Gasteiger charge is 2.42. The van der Waals surface area contributed by atoms with Crippen LogP contribution in [0.2, 0.25) is 15.1 Å². The first-order valence-corrected chi connectivity index (χ1v) is 32.2. The van der Waals surface area contributed by atoms with E-state index in [1.807, 2.05) is 17.0 Å². The van der Waals surface area contributed by atoms with Crippen LogP contribution in [0.4, 0.5) is 0 Å². The van der Waals surface area contributed by atoms with E-state index < -0.39 is 152 Å². The van der Waals surface area contributed by atoms with E-state index in [0.717, 1.165) is 60.2 Å². The van der Waals surface area contributed by atoms with Crippen molar-refractivity contribution in [2.75, 3.05) is 26.2 Å². The number of hydrogen-bond donors (Lipinski definition) is 15. The second-order valence-electron chi connectivity index (χ2n) is 24.5. The number of aromatic hydroxyl groups is 6. The lowest BCUT2D eigenvalue weighted by atomic mass is 9.88. The van der Waals surface area contributed by atoms with Crippen molar-refractivity contribution in [3.8, 4) is 80.1 Å². The molecule has 1 fully saturated rings. The van der Waals surface area contributed by atoms with E-state index >= 15 is 24.0 Å². The molecule has 8 aromatic rings. The molecule has 7 aliphatic rings. The number of aliphatic hydroxyl groups is 1. The first-order valence-electron chi connectivity index (χ1n) is 31.0. The van der Waals surface area contributed by atoms with Gasteiger partial charge in [0.1, 0.15) is 82.6 Å². The Morgan fingerprint density at radius 3 is 1.74 bits per heavy atom. The summed E-state index contributed by atoms with van der Waals surface area (Å²) in [5, 5.41) is 110. The summed E-state index contributed by atoms with van der Waals surface area (Å²) in [5.74, 6) is -14.8. The van der Waals surface area contributed by atoms with Crippen LogP contribution in [0.3, 0.4) is 0 Å². The van der Waals surface area contributed by atoms with Crippen LogP contribution in [-0.4, -0.2) is 130 Å². The van der Waals surface area contributed by atoms with Crippen molar-refractivity contribution in [1.29, 1.82) is 0 Å². The van der Waals surface area contributed by atoms with Crippen molar-refractivity contribution >= 4 is 76.2 Å². The lowest BCUT2D eigenvalue weighted by molar-refractivity contribution is -0.143. The topological polar surface area (TPSA) is 414 Å². The average molecular weight is 1420 g/mol. The fourth-order valence-electron chi connectivity index (χ4n) is 12.6.